The molecule has 1 saturated heterocycles. The molecule has 2 heterocycles. The predicted molar refractivity (Wildman–Crippen MR) is 54.8 cm³/mol. The van der Waals surface area contributed by atoms with Crippen LogP contribution < -0.4 is 5.32 Å². The van der Waals surface area contributed by atoms with Crippen molar-refractivity contribution in [3.05, 3.63) is 22.0 Å². The predicted octanol–water partition coefficient (Wildman–Crippen LogP) is 1.02. The van der Waals surface area contributed by atoms with Crippen LogP contribution in [-0.2, 0) is 0 Å². The van der Waals surface area contributed by atoms with E-state index in [0.717, 1.165) is 25.9 Å². The van der Waals surface area contributed by atoms with Gasteiger partial charge in [-0.2, -0.15) is 5.10 Å². The van der Waals surface area contributed by atoms with Gasteiger partial charge in [-0.1, -0.05) is 0 Å². The van der Waals surface area contributed by atoms with E-state index in [4.69, 9.17) is 0 Å². The number of nitrogens with zero attached hydrogens (tertiary/aromatic N) is 3. The Hall–Kier alpha value is -1.43. The number of hydrogen-bond donors (Lipinski definition) is 1. The van der Waals surface area contributed by atoms with E-state index in [1.807, 2.05) is 0 Å². The fraction of sp³-hybridized carbons (Fsp3) is 0.667. The Morgan fingerprint density at radius 1 is 1.60 bits per heavy atom. The first-order chi connectivity index (χ1) is 7.18. The van der Waals surface area contributed by atoms with E-state index >= 15 is 0 Å². The molecule has 1 N–H and O–H groups in total. The summed E-state index contributed by atoms with van der Waals surface area (Å²) in [5.74, 6) is 0. The largest absolute Gasteiger partial charge is 0.317 e. The second kappa shape index (κ2) is 3.98. The summed E-state index contributed by atoms with van der Waals surface area (Å²) in [6.07, 6.45) is 3.52. The molecule has 1 aromatic heterocycles. The van der Waals surface area contributed by atoms with Crippen molar-refractivity contribution in [1.29, 1.82) is 0 Å². The summed E-state index contributed by atoms with van der Waals surface area (Å²) in [5.41, 5.74) is 0.618. The maximum absolute atomic E-state index is 10.7. The highest BCUT2D eigenvalue weighted by Gasteiger charge is 2.21. The lowest BCUT2D eigenvalue weighted by Crippen LogP contribution is -2.29. The van der Waals surface area contributed by atoms with Crippen molar-refractivity contribution in [2.45, 2.75) is 25.8 Å². The Labute approximate surface area is 87.4 Å². The monoisotopic (exact) mass is 210 g/mol. The van der Waals surface area contributed by atoms with Crippen molar-refractivity contribution in [1.82, 2.24) is 15.1 Å². The van der Waals surface area contributed by atoms with E-state index in [-0.39, 0.29) is 10.6 Å². The van der Waals surface area contributed by atoms with Crippen LogP contribution in [0, 0.1) is 17.0 Å². The van der Waals surface area contributed by atoms with Crippen LogP contribution in [0.5, 0.6) is 0 Å². The lowest BCUT2D eigenvalue weighted by atomic mass is 10.1. The van der Waals surface area contributed by atoms with Crippen LogP contribution in [0.15, 0.2) is 6.20 Å². The highest BCUT2D eigenvalue weighted by atomic mass is 16.6. The summed E-state index contributed by atoms with van der Waals surface area (Å²) in [7, 11) is 0. The van der Waals surface area contributed by atoms with Gasteiger partial charge >= 0.3 is 5.69 Å². The third kappa shape index (κ3) is 1.99. The molecule has 1 aliphatic heterocycles. The second-order valence-corrected chi connectivity index (χ2v) is 3.82. The Morgan fingerprint density at radius 2 is 2.27 bits per heavy atom. The topological polar surface area (TPSA) is 73.0 Å². The highest BCUT2D eigenvalue weighted by molar-refractivity contribution is 5.31. The highest BCUT2D eigenvalue weighted by Crippen LogP contribution is 2.22. The van der Waals surface area contributed by atoms with E-state index in [0.29, 0.717) is 11.7 Å². The molecule has 0 spiro atoms. The maximum atomic E-state index is 10.7. The van der Waals surface area contributed by atoms with E-state index in [1.165, 1.54) is 0 Å². The van der Waals surface area contributed by atoms with Gasteiger partial charge in [-0.05, 0) is 32.9 Å². The first-order valence-corrected chi connectivity index (χ1v) is 5.09. The zero-order chi connectivity index (χ0) is 10.8. The standard InChI is InChI=1S/C9H14N4O2/c1-7-9(13(14)15)6-12(11-7)8-2-4-10-5-3-8/h6,8,10H,2-5H2,1H3. The van der Waals surface area contributed by atoms with Gasteiger partial charge in [-0.3, -0.25) is 14.8 Å². The van der Waals surface area contributed by atoms with Gasteiger partial charge in [0.2, 0.25) is 0 Å². The summed E-state index contributed by atoms with van der Waals surface area (Å²) in [4.78, 5) is 10.3. The molecule has 6 heteroatoms. The summed E-state index contributed by atoms with van der Waals surface area (Å²) < 4.78 is 1.74. The van der Waals surface area contributed by atoms with Crippen LogP contribution in [0.2, 0.25) is 0 Å². The lowest BCUT2D eigenvalue weighted by molar-refractivity contribution is -0.385. The Morgan fingerprint density at radius 3 is 2.80 bits per heavy atom. The molecule has 82 valence electrons. The average molecular weight is 210 g/mol. The van der Waals surface area contributed by atoms with Gasteiger partial charge in [-0.25, -0.2) is 0 Å². The van der Waals surface area contributed by atoms with Gasteiger partial charge < -0.3 is 5.32 Å². The van der Waals surface area contributed by atoms with Crippen molar-refractivity contribution < 1.29 is 4.92 Å². The number of piperidine rings is 1. The minimum Gasteiger partial charge on any atom is -0.317 e. The molecule has 0 bridgehead atoms. The van der Waals surface area contributed by atoms with Crippen LogP contribution in [0.4, 0.5) is 5.69 Å². The zero-order valence-corrected chi connectivity index (χ0v) is 8.64. The number of aromatic nitrogens is 2. The van der Waals surface area contributed by atoms with Gasteiger partial charge in [0.15, 0.2) is 0 Å². The van der Waals surface area contributed by atoms with Crippen molar-refractivity contribution >= 4 is 5.69 Å². The van der Waals surface area contributed by atoms with Crippen molar-refractivity contribution in [3.63, 3.8) is 0 Å². The maximum Gasteiger partial charge on any atom is 0.309 e. The Bertz CT molecular complexity index is 368. The van der Waals surface area contributed by atoms with Crippen LogP contribution in [-0.4, -0.2) is 27.8 Å². The van der Waals surface area contributed by atoms with Gasteiger partial charge in [0.25, 0.3) is 0 Å². The summed E-state index contributed by atoms with van der Waals surface area (Å²) in [6.45, 7) is 3.59. The SMILES string of the molecule is Cc1nn(C2CCNCC2)cc1[N+](=O)[O-]. The van der Waals surface area contributed by atoms with E-state index in [2.05, 4.69) is 10.4 Å². The van der Waals surface area contributed by atoms with Gasteiger partial charge in [0.1, 0.15) is 11.9 Å². The molecule has 0 aliphatic carbocycles. The van der Waals surface area contributed by atoms with Crippen molar-refractivity contribution in [3.8, 4) is 0 Å². The van der Waals surface area contributed by atoms with Gasteiger partial charge in [0.05, 0.1) is 11.0 Å². The summed E-state index contributed by atoms with van der Waals surface area (Å²) in [5, 5.41) is 18.1. The van der Waals surface area contributed by atoms with E-state index < -0.39 is 0 Å². The number of nitrogens with one attached hydrogen (secondary N) is 1. The van der Waals surface area contributed by atoms with Crippen LogP contribution >= 0.6 is 0 Å². The molecule has 0 atom stereocenters. The first kappa shape index (κ1) is 10.1. The lowest BCUT2D eigenvalue weighted by Gasteiger charge is -2.22. The first-order valence-electron chi connectivity index (χ1n) is 5.09. The molecule has 1 aliphatic rings. The zero-order valence-electron chi connectivity index (χ0n) is 8.64. The molecule has 6 nitrogen and oxygen atoms in total. The summed E-state index contributed by atoms with van der Waals surface area (Å²) >= 11 is 0. The quantitative estimate of drug-likeness (QED) is 0.584. The van der Waals surface area contributed by atoms with E-state index in [9.17, 15) is 10.1 Å². The molecule has 0 unspecified atom stereocenters. The number of rotatable bonds is 2. The van der Waals surface area contributed by atoms with E-state index in [1.54, 1.807) is 17.8 Å². The van der Waals surface area contributed by atoms with Crippen molar-refractivity contribution in [2.75, 3.05) is 13.1 Å². The third-order valence-corrected chi connectivity index (χ3v) is 2.77. The Balaban J connectivity index is 2.21. The number of aryl methyl sites for hydroxylation is 1. The normalized spacial score (nSPS) is 17.9. The minimum atomic E-state index is -0.375. The number of nitro groups is 1. The molecular weight excluding hydrogens is 196 g/mol. The minimum absolute atomic E-state index is 0.119. The molecule has 1 fully saturated rings. The molecule has 2 rings (SSSR count). The fourth-order valence-electron chi connectivity index (χ4n) is 1.91. The smallest absolute Gasteiger partial charge is 0.309 e. The van der Waals surface area contributed by atoms with Crippen LogP contribution in [0.25, 0.3) is 0 Å². The van der Waals surface area contributed by atoms with Crippen LogP contribution in [0.3, 0.4) is 0 Å². The van der Waals surface area contributed by atoms with Crippen molar-refractivity contribution in [2.24, 2.45) is 0 Å². The van der Waals surface area contributed by atoms with Gasteiger partial charge in [0, 0.05) is 0 Å². The number of hydrogen-bond acceptors (Lipinski definition) is 4. The molecule has 0 saturated carbocycles. The molecular formula is C9H14N4O2. The molecule has 0 amide bonds. The summed E-state index contributed by atoms with van der Waals surface area (Å²) in [6, 6.07) is 0.304. The second-order valence-electron chi connectivity index (χ2n) is 3.82. The fourth-order valence-corrected chi connectivity index (χ4v) is 1.91. The molecule has 15 heavy (non-hydrogen) atoms. The molecule has 0 radical (unpaired) electrons. The Kier molecular flexibility index (Phi) is 2.68. The molecule has 0 aromatic carbocycles. The van der Waals surface area contributed by atoms with Crippen LogP contribution in [0.1, 0.15) is 24.6 Å². The van der Waals surface area contributed by atoms with Gasteiger partial charge in [-0.15, -0.1) is 0 Å². The molecule has 1 aromatic rings. The third-order valence-electron chi connectivity index (χ3n) is 2.77. The average Bonchev–Trinajstić information content (AvgIpc) is 2.62.